The minimum atomic E-state index is -0.142. The van der Waals surface area contributed by atoms with E-state index >= 15 is 0 Å². The van der Waals surface area contributed by atoms with E-state index in [0.717, 1.165) is 32.4 Å². The van der Waals surface area contributed by atoms with Crippen LogP contribution in [0, 0.1) is 5.41 Å². The summed E-state index contributed by atoms with van der Waals surface area (Å²) in [6.07, 6.45) is 7.96. The Morgan fingerprint density at radius 3 is 2.63 bits per heavy atom. The average Bonchev–Trinajstić information content (AvgIpc) is 3.05. The van der Waals surface area contributed by atoms with Crippen LogP contribution in [-0.2, 0) is 9.59 Å². The van der Waals surface area contributed by atoms with Gasteiger partial charge in [0.25, 0.3) is 0 Å². The van der Waals surface area contributed by atoms with Crippen molar-refractivity contribution >= 4 is 11.8 Å². The topological polar surface area (TPSA) is 40.6 Å². The minimum absolute atomic E-state index is 0.142. The predicted molar refractivity (Wildman–Crippen MR) is 72.5 cm³/mol. The number of piperazine rings is 1. The van der Waals surface area contributed by atoms with Crippen LogP contribution in [0.1, 0.15) is 51.9 Å². The van der Waals surface area contributed by atoms with Gasteiger partial charge in [0.1, 0.15) is 6.04 Å². The third-order valence-corrected chi connectivity index (χ3v) is 5.44. The second-order valence-electron chi connectivity index (χ2n) is 6.50. The summed E-state index contributed by atoms with van der Waals surface area (Å²) >= 11 is 0. The van der Waals surface area contributed by atoms with Crippen molar-refractivity contribution in [1.29, 1.82) is 0 Å². The van der Waals surface area contributed by atoms with Crippen molar-refractivity contribution in [2.24, 2.45) is 5.41 Å². The SMILES string of the molecule is CCC1(CN2CC(=O)N3CCCC3C2=O)CCCC1. The van der Waals surface area contributed by atoms with Crippen LogP contribution in [0.2, 0.25) is 0 Å². The van der Waals surface area contributed by atoms with Gasteiger partial charge >= 0.3 is 0 Å². The lowest BCUT2D eigenvalue weighted by Crippen LogP contribution is -2.59. The van der Waals surface area contributed by atoms with Crippen molar-refractivity contribution in [3.8, 4) is 0 Å². The highest BCUT2D eigenvalue weighted by atomic mass is 16.2. The van der Waals surface area contributed by atoms with Gasteiger partial charge in [-0.15, -0.1) is 0 Å². The summed E-state index contributed by atoms with van der Waals surface area (Å²) in [6, 6.07) is -0.142. The quantitative estimate of drug-likeness (QED) is 0.779. The Balaban J connectivity index is 1.74. The van der Waals surface area contributed by atoms with Crippen molar-refractivity contribution < 1.29 is 9.59 Å². The molecule has 0 spiro atoms. The summed E-state index contributed by atoms with van der Waals surface area (Å²) in [5.41, 5.74) is 0.288. The number of hydrogen-bond acceptors (Lipinski definition) is 2. The van der Waals surface area contributed by atoms with Crippen LogP contribution >= 0.6 is 0 Å². The van der Waals surface area contributed by atoms with E-state index in [9.17, 15) is 9.59 Å². The van der Waals surface area contributed by atoms with Crippen molar-refractivity contribution in [2.45, 2.75) is 57.9 Å². The predicted octanol–water partition coefficient (Wildman–Crippen LogP) is 1.79. The first-order valence-corrected chi connectivity index (χ1v) is 7.73. The Kier molecular flexibility index (Phi) is 3.27. The van der Waals surface area contributed by atoms with Crippen molar-refractivity contribution in [3.63, 3.8) is 0 Å². The molecule has 4 nitrogen and oxygen atoms in total. The molecule has 1 unspecified atom stereocenters. The van der Waals surface area contributed by atoms with Gasteiger partial charge in [-0.1, -0.05) is 19.8 Å². The molecule has 2 saturated heterocycles. The van der Waals surface area contributed by atoms with Crippen LogP contribution in [0.4, 0.5) is 0 Å². The van der Waals surface area contributed by atoms with E-state index in [4.69, 9.17) is 0 Å². The first-order valence-electron chi connectivity index (χ1n) is 7.73. The maximum atomic E-state index is 12.5. The fraction of sp³-hybridized carbons (Fsp3) is 0.867. The molecule has 2 heterocycles. The van der Waals surface area contributed by atoms with Gasteiger partial charge < -0.3 is 9.80 Å². The van der Waals surface area contributed by atoms with E-state index < -0.39 is 0 Å². The molecule has 1 saturated carbocycles. The molecule has 4 heteroatoms. The average molecular weight is 264 g/mol. The van der Waals surface area contributed by atoms with E-state index in [1.54, 1.807) is 4.90 Å². The molecule has 0 aromatic carbocycles. The molecule has 0 radical (unpaired) electrons. The van der Waals surface area contributed by atoms with Crippen molar-refractivity contribution in [2.75, 3.05) is 19.6 Å². The zero-order valence-corrected chi connectivity index (χ0v) is 11.9. The summed E-state index contributed by atoms with van der Waals surface area (Å²) in [7, 11) is 0. The molecule has 1 atom stereocenters. The van der Waals surface area contributed by atoms with Crippen LogP contribution in [0.3, 0.4) is 0 Å². The highest BCUT2D eigenvalue weighted by Crippen LogP contribution is 2.42. The standard InChI is InChI=1S/C15H24N2O2/c1-2-15(7-3-4-8-15)11-16-10-13(18)17-9-5-6-12(17)14(16)19/h12H,2-11H2,1H3. The third-order valence-electron chi connectivity index (χ3n) is 5.44. The normalized spacial score (nSPS) is 30.1. The van der Waals surface area contributed by atoms with Gasteiger partial charge in [0, 0.05) is 13.1 Å². The van der Waals surface area contributed by atoms with Crippen LogP contribution in [-0.4, -0.2) is 47.3 Å². The fourth-order valence-corrected chi connectivity index (χ4v) is 4.15. The third kappa shape index (κ3) is 2.15. The molecule has 3 aliphatic rings. The zero-order chi connectivity index (χ0) is 13.5. The molecule has 0 N–H and O–H groups in total. The second kappa shape index (κ2) is 4.80. The molecular weight excluding hydrogens is 240 g/mol. The maximum absolute atomic E-state index is 12.5. The molecular formula is C15H24N2O2. The fourth-order valence-electron chi connectivity index (χ4n) is 4.15. The number of carbonyl (C=O) groups is 2. The van der Waals surface area contributed by atoms with E-state index in [2.05, 4.69) is 6.92 Å². The van der Waals surface area contributed by atoms with Crippen molar-refractivity contribution in [3.05, 3.63) is 0 Å². The Hall–Kier alpha value is -1.06. The summed E-state index contributed by atoms with van der Waals surface area (Å²) in [6.45, 7) is 4.13. The van der Waals surface area contributed by atoms with E-state index in [1.807, 2.05) is 4.90 Å². The summed E-state index contributed by atoms with van der Waals surface area (Å²) in [5, 5.41) is 0. The Labute approximate surface area is 115 Å². The highest BCUT2D eigenvalue weighted by Gasteiger charge is 2.44. The van der Waals surface area contributed by atoms with Gasteiger partial charge in [-0.25, -0.2) is 0 Å². The van der Waals surface area contributed by atoms with Crippen LogP contribution < -0.4 is 0 Å². The molecule has 106 valence electrons. The van der Waals surface area contributed by atoms with E-state index in [1.165, 1.54) is 25.7 Å². The van der Waals surface area contributed by atoms with Gasteiger partial charge in [-0.2, -0.15) is 0 Å². The molecule has 0 bridgehead atoms. The number of nitrogens with zero attached hydrogens (tertiary/aromatic N) is 2. The van der Waals surface area contributed by atoms with E-state index in [-0.39, 0.29) is 23.3 Å². The summed E-state index contributed by atoms with van der Waals surface area (Å²) < 4.78 is 0. The van der Waals surface area contributed by atoms with Crippen LogP contribution in [0.25, 0.3) is 0 Å². The van der Waals surface area contributed by atoms with Crippen LogP contribution in [0.15, 0.2) is 0 Å². The lowest BCUT2D eigenvalue weighted by atomic mass is 9.82. The number of rotatable bonds is 3. The number of fused-ring (bicyclic) bond motifs is 1. The first-order chi connectivity index (χ1) is 9.15. The molecule has 0 aromatic rings. The first kappa shape index (κ1) is 12.9. The zero-order valence-electron chi connectivity index (χ0n) is 11.9. The summed E-state index contributed by atoms with van der Waals surface area (Å²) in [4.78, 5) is 28.3. The molecule has 2 aliphatic heterocycles. The Bertz CT molecular complexity index is 388. The van der Waals surface area contributed by atoms with Crippen molar-refractivity contribution in [1.82, 2.24) is 9.80 Å². The Morgan fingerprint density at radius 2 is 1.95 bits per heavy atom. The van der Waals surface area contributed by atoms with Gasteiger partial charge in [0.2, 0.25) is 11.8 Å². The Morgan fingerprint density at radius 1 is 1.21 bits per heavy atom. The van der Waals surface area contributed by atoms with E-state index in [0.29, 0.717) is 6.54 Å². The number of amides is 2. The van der Waals surface area contributed by atoms with Gasteiger partial charge in [-0.05, 0) is 37.5 Å². The molecule has 2 amide bonds. The smallest absolute Gasteiger partial charge is 0.245 e. The molecule has 3 rings (SSSR count). The molecule has 3 fully saturated rings. The summed E-state index contributed by atoms with van der Waals surface area (Å²) in [5.74, 6) is 0.364. The molecule has 19 heavy (non-hydrogen) atoms. The van der Waals surface area contributed by atoms with Gasteiger partial charge in [0.15, 0.2) is 0 Å². The second-order valence-corrected chi connectivity index (χ2v) is 6.50. The monoisotopic (exact) mass is 264 g/mol. The number of carbonyl (C=O) groups excluding carboxylic acids is 2. The maximum Gasteiger partial charge on any atom is 0.245 e. The van der Waals surface area contributed by atoms with Gasteiger partial charge in [-0.3, -0.25) is 9.59 Å². The van der Waals surface area contributed by atoms with Crippen LogP contribution in [0.5, 0.6) is 0 Å². The lowest BCUT2D eigenvalue weighted by molar-refractivity contribution is -0.155. The largest absolute Gasteiger partial charge is 0.331 e. The number of hydrogen-bond donors (Lipinski definition) is 0. The lowest BCUT2D eigenvalue weighted by Gasteiger charge is -2.41. The van der Waals surface area contributed by atoms with Gasteiger partial charge in [0.05, 0.1) is 6.54 Å². The minimum Gasteiger partial charge on any atom is -0.331 e. The molecule has 1 aliphatic carbocycles. The molecule has 0 aromatic heterocycles. The highest BCUT2D eigenvalue weighted by molar-refractivity contribution is 5.95.